The molecule has 0 saturated heterocycles. The number of imidazole rings is 2. The lowest BCUT2D eigenvalue weighted by Crippen LogP contribution is -2.26. The highest BCUT2D eigenvalue weighted by molar-refractivity contribution is 5.75. The molecule has 3 aromatic rings. The molecule has 0 unspecified atom stereocenters. The number of aryl methyl sites for hydroxylation is 1. The number of fused-ring (bicyclic) bond motifs is 1. The molecule has 0 bridgehead atoms. The van der Waals surface area contributed by atoms with Crippen molar-refractivity contribution in [3.63, 3.8) is 0 Å². The number of aliphatic hydroxyl groups excluding tert-OH is 1. The number of para-hydroxylation sites is 2. The van der Waals surface area contributed by atoms with E-state index in [9.17, 15) is 4.79 Å². The van der Waals surface area contributed by atoms with Crippen molar-refractivity contribution in [2.24, 2.45) is 4.99 Å². The Morgan fingerprint density at radius 1 is 1.28 bits per heavy atom. The number of aromatic nitrogens is 4. The smallest absolute Gasteiger partial charge is 0.329 e. The third-order valence-corrected chi connectivity index (χ3v) is 5.54. The Morgan fingerprint density at radius 2 is 2.07 bits per heavy atom. The number of hydrogen-bond donors (Lipinski definition) is 1. The summed E-state index contributed by atoms with van der Waals surface area (Å²) >= 11 is 0. The van der Waals surface area contributed by atoms with Gasteiger partial charge in [-0.15, -0.1) is 0 Å². The topological polar surface area (TPSA) is 77.3 Å². The molecule has 2 heterocycles. The molecule has 0 aliphatic heterocycles. The van der Waals surface area contributed by atoms with E-state index in [1.807, 2.05) is 40.3 Å². The number of aliphatic imine (C=N–C) groups is 1. The van der Waals surface area contributed by atoms with Gasteiger partial charge in [-0.25, -0.2) is 9.78 Å². The Kier molecular flexibility index (Phi) is 5.49. The monoisotopic (exact) mass is 393 g/mol. The Balaban J connectivity index is 1.77. The summed E-state index contributed by atoms with van der Waals surface area (Å²) in [6.07, 6.45) is 7.17. The van der Waals surface area contributed by atoms with Crippen molar-refractivity contribution < 1.29 is 5.11 Å². The molecule has 1 aliphatic rings. The molecule has 29 heavy (non-hydrogen) atoms. The van der Waals surface area contributed by atoms with Gasteiger partial charge in [-0.1, -0.05) is 12.1 Å². The molecule has 1 N–H and O–H groups in total. The molecule has 2 aromatic heterocycles. The quantitative estimate of drug-likeness (QED) is 0.448. The van der Waals surface area contributed by atoms with Crippen LogP contribution in [0.3, 0.4) is 0 Å². The second-order valence-corrected chi connectivity index (χ2v) is 7.54. The minimum atomic E-state index is 0.00248. The third-order valence-electron chi connectivity index (χ3n) is 5.54. The van der Waals surface area contributed by atoms with E-state index in [1.54, 1.807) is 6.20 Å². The van der Waals surface area contributed by atoms with Gasteiger partial charge >= 0.3 is 5.69 Å². The predicted molar refractivity (Wildman–Crippen MR) is 115 cm³/mol. The highest BCUT2D eigenvalue weighted by Crippen LogP contribution is 2.35. The van der Waals surface area contributed by atoms with Gasteiger partial charge in [0.25, 0.3) is 0 Å². The van der Waals surface area contributed by atoms with Crippen LogP contribution < -0.4 is 5.69 Å². The van der Waals surface area contributed by atoms with Crippen LogP contribution in [-0.4, -0.2) is 37.1 Å². The van der Waals surface area contributed by atoms with E-state index in [1.165, 1.54) is 0 Å². The minimum Gasteiger partial charge on any atom is -0.396 e. The molecule has 1 fully saturated rings. The number of aliphatic hydroxyl groups is 1. The lowest BCUT2D eigenvalue weighted by molar-refractivity contribution is 0.281. The van der Waals surface area contributed by atoms with Crippen LogP contribution >= 0.6 is 0 Å². The zero-order chi connectivity index (χ0) is 20.4. The fourth-order valence-corrected chi connectivity index (χ4v) is 3.90. The summed E-state index contributed by atoms with van der Waals surface area (Å²) < 4.78 is 5.87. The molecular formula is C22H27N5O2. The average molecular weight is 393 g/mol. The van der Waals surface area contributed by atoms with Gasteiger partial charge in [-0.05, 0) is 57.5 Å². The fourth-order valence-electron chi connectivity index (χ4n) is 3.90. The average Bonchev–Trinajstić information content (AvgIpc) is 3.46. The first-order valence-corrected chi connectivity index (χ1v) is 10.1. The second kappa shape index (κ2) is 8.21. The van der Waals surface area contributed by atoms with Gasteiger partial charge < -0.3 is 9.67 Å². The second-order valence-electron chi connectivity index (χ2n) is 7.54. The van der Waals surface area contributed by atoms with Crippen LogP contribution in [0.1, 0.15) is 48.9 Å². The number of unbranched alkanes of at least 4 members (excludes halogenated alkanes) is 1. The standard InChI is InChI=1S/C22H27N5O2/c1-16-19(11-12-23-2)27(17-9-10-17)22(29)26(16)15-21-24-18-7-3-4-8-20(18)25(21)13-5-6-14-28/h3-4,7-8,11-12,17,28H,2,5-6,9-10,13-15H2,1H3/b12-11-. The van der Waals surface area contributed by atoms with Crippen LogP contribution in [-0.2, 0) is 13.1 Å². The third kappa shape index (κ3) is 3.70. The summed E-state index contributed by atoms with van der Waals surface area (Å²) in [6, 6.07) is 8.30. The molecule has 152 valence electrons. The molecule has 1 aliphatic carbocycles. The van der Waals surface area contributed by atoms with Crippen molar-refractivity contribution >= 4 is 23.8 Å². The largest absolute Gasteiger partial charge is 0.396 e. The van der Waals surface area contributed by atoms with E-state index in [0.29, 0.717) is 6.54 Å². The molecular weight excluding hydrogens is 366 g/mol. The molecule has 0 amide bonds. The summed E-state index contributed by atoms with van der Waals surface area (Å²) in [5.74, 6) is 0.861. The van der Waals surface area contributed by atoms with E-state index in [0.717, 1.165) is 60.5 Å². The van der Waals surface area contributed by atoms with Crippen molar-refractivity contribution in [2.45, 2.75) is 51.7 Å². The van der Waals surface area contributed by atoms with Gasteiger partial charge in [0.15, 0.2) is 0 Å². The van der Waals surface area contributed by atoms with Crippen molar-refractivity contribution in [3.05, 3.63) is 58.2 Å². The minimum absolute atomic E-state index is 0.00248. The van der Waals surface area contributed by atoms with Crippen LogP contribution in [0.5, 0.6) is 0 Å². The van der Waals surface area contributed by atoms with Crippen molar-refractivity contribution in [2.75, 3.05) is 6.61 Å². The summed E-state index contributed by atoms with van der Waals surface area (Å²) in [5.41, 5.74) is 3.80. The lowest BCUT2D eigenvalue weighted by atomic mass is 10.3. The van der Waals surface area contributed by atoms with Crippen molar-refractivity contribution in [1.29, 1.82) is 0 Å². The predicted octanol–water partition coefficient (Wildman–Crippen LogP) is 3.13. The maximum absolute atomic E-state index is 13.2. The van der Waals surface area contributed by atoms with Crippen LogP contribution in [0.4, 0.5) is 0 Å². The maximum atomic E-state index is 13.2. The Hall–Kier alpha value is -2.93. The van der Waals surface area contributed by atoms with E-state index >= 15 is 0 Å². The van der Waals surface area contributed by atoms with Gasteiger partial charge in [0.2, 0.25) is 0 Å². The van der Waals surface area contributed by atoms with Gasteiger partial charge in [0.1, 0.15) is 5.82 Å². The molecule has 1 aromatic carbocycles. The van der Waals surface area contributed by atoms with Gasteiger partial charge in [0.05, 0.1) is 23.3 Å². The highest BCUT2D eigenvalue weighted by atomic mass is 16.3. The van der Waals surface area contributed by atoms with Crippen molar-refractivity contribution in [3.8, 4) is 0 Å². The Morgan fingerprint density at radius 3 is 2.79 bits per heavy atom. The first-order valence-electron chi connectivity index (χ1n) is 10.1. The first kappa shape index (κ1) is 19.4. The summed E-state index contributed by atoms with van der Waals surface area (Å²) in [7, 11) is 0. The van der Waals surface area contributed by atoms with E-state index in [-0.39, 0.29) is 18.3 Å². The Bertz CT molecular complexity index is 1110. The summed E-state index contributed by atoms with van der Waals surface area (Å²) in [4.78, 5) is 21.8. The SMILES string of the molecule is C=N/C=C\c1c(C)n(Cc2nc3ccccc3n2CCCCO)c(=O)n1C1CC1. The molecule has 0 spiro atoms. The van der Waals surface area contributed by atoms with Gasteiger partial charge in [-0.2, -0.15) is 0 Å². The van der Waals surface area contributed by atoms with Crippen LogP contribution in [0, 0.1) is 6.92 Å². The van der Waals surface area contributed by atoms with Gasteiger partial charge in [-0.3, -0.25) is 14.1 Å². The number of nitrogens with zero attached hydrogens (tertiary/aromatic N) is 5. The maximum Gasteiger partial charge on any atom is 0.329 e. The van der Waals surface area contributed by atoms with Gasteiger partial charge in [0, 0.05) is 31.1 Å². The Labute approximate surface area is 169 Å². The normalized spacial score (nSPS) is 14.3. The summed E-state index contributed by atoms with van der Waals surface area (Å²) in [6.45, 7) is 6.84. The molecule has 0 radical (unpaired) electrons. The van der Waals surface area contributed by atoms with Crippen LogP contribution in [0.2, 0.25) is 0 Å². The zero-order valence-corrected chi connectivity index (χ0v) is 16.8. The van der Waals surface area contributed by atoms with Crippen LogP contribution in [0.15, 0.2) is 40.3 Å². The van der Waals surface area contributed by atoms with Crippen molar-refractivity contribution in [1.82, 2.24) is 18.7 Å². The molecule has 1 saturated carbocycles. The summed E-state index contributed by atoms with van der Waals surface area (Å²) in [5, 5.41) is 9.16. The molecule has 4 rings (SSSR count). The van der Waals surface area contributed by atoms with E-state index in [4.69, 9.17) is 10.1 Å². The zero-order valence-electron chi connectivity index (χ0n) is 16.8. The molecule has 7 nitrogen and oxygen atoms in total. The highest BCUT2D eigenvalue weighted by Gasteiger charge is 2.30. The van der Waals surface area contributed by atoms with Crippen LogP contribution in [0.25, 0.3) is 17.1 Å². The molecule has 7 heteroatoms. The van der Waals surface area contributed by atoms with E-state index in [2.05, 4.69) is 22.3 Å². The number of hydrogen-bond acceptors (Lipinski definition) is 4. The number of rotatable bonds is 9. The lowest BCUT2D eigenvalue weighted by Gasteiger charge is -2.10. The molecule has 0 atom stereocenters. The number of benzene rings is 1. The first-order chi connectivity index (χ1) is 14.2. The fraction of sp³-hybridized carbons (Fsp3) is 0.409. The van der Waals surface area contributed by atoms with E-state index < -0.39 is 0 Å².